The van der Waals surface area contributed by atoms with Gasteiger partial charge in [0.2, 0.25) is 0 Å². The van der Waals surface area contributed by atoms with Gasteiger partial charge in [-0.25, -0.2) is 0 Å². The van der Waals surface area contributed by atoms with Crippen molar-refractivity contribution in [2.75, 3.05) is 13.2 Å². The Balaban J connectivity index is 4.37. The van der Waals surface area contributed by atoms with Crippen molar-refractivity contribution < 1.29 is 28.6 Å². The first-order valence-corrected chi connectivity index (χ1v) is 28.1. The van der Waals surface area contributed by atoms with Crippen LogP contribution in [0.15, 0.2) is 48.6 Å². The van der Waals surface area contributed by atoms with Crippen LogP contribution in [0.1, 0.15) is 290 Å². The molecule has 6 nitrogen and oxygen atoms in total. The van der Waals surface area contributed by atoms with Gasteiger partial charge in [-0.05, 0) is 103 Å². The fraction of sp³-hybridized carbons (Fsp3) is 0.814. The number of unbranched alkanes of at least 4 members (excludes halogenated alkanes) is 32. The number of carbonyl (C=O) groups is 3. The van der Waals surface area contributed by atoms with Crippen LogP contribution >= 0.6 is 0 Å². The lowest BCUT2D eigenvalue weighted by Gasteiger charge is -2.18. The molecule has 0 bridgehead atoms. The fourth-order valence-corrected chi connectivity index (χ4v) is 7.99. The Morgan fingerprint density at radius 3 is 0.908 bits per heavy atom. The lowest BCUT2D eigenvalue weighted by molar-refractivity contribution is -0.167. The largest absolute Gasteiger partial charge is 0.462 e. The van der Waals surface area contributed by atoms with Crippen LogP contribution in [0.5, 0.6) is 0 Å². The molecule has 0 rings (SSSR count). The lowest BCUT2D eigenvalue weighted by atomic mass is 10.1. The van der Waals surface area contributed by atoms with Crippen LogP contribution in [0.4, 0.5) is 0 Å². The third-order valence-corrected chi connectivity index (χ3v) is 12.3. The van der Waals surface area contributed by atoms with E-state index in [1.54, 1.807) is 0 Å². The van der Waals surface area contributed by atoms with Gasteiger partial charge in [-0.2, -0.15) is 0 Å². The van der Waals surface area contributed by atoms with E-state index in [1.165, 1.54) is 167 Å². The van der Waals surface area contributed by atoms with Crippen LogP contribution in [-0.4, -0.2) is 37.2 Å². The van der Waals surface area contributed by atoms with Gasteiger partial charge in [0.25, 0.3) is 0 Å². The Morgan fingerprint density at radius 2 is 0.554 bits per heavy atom. The molecule has 1 atom stereocenters. The second-order valence-corrected chi connectivity index (χ2v) is 18.8. The molecule has 0 saturated carbocycles. The average Bonchev–Trinajstić information content (AvgIpc) is 3.30. The van der Waals surface area contributed by atoms with Crippen LogP contribution in [0.3, 0.4) is 0 Å². The normalized spacial score (nSPS) is 12.4. The molecule has 0 saturated heterocycles. The number of carbonyl (C=O) groups excluding carboxylic acids is 3. The van der Waals surface area contributed by atoms with Crippen LogP contribution in [0.2, 0.25) is 0 Å². The van der Waals surface area contributed by atoms with Crippen LogP contribution < -0.4 is 0 Å². The summed E-state index contributed by atoms with van der Waals surface area (Å²) in [7, 11) is 0. The molecule has 0 aromatic rings. The van der Waals surface area contributed by atoms with Crippen LogP contribution in [-0.2, 0) is 28.6 Å². The zero-order valence-corrected chi connectivity index (χ0v) is 43.3. The molecule has 0 unspecified atom stereocenters. The maximum Gasteiger partial charge on any atom is 0.306 e. The number of esters is 3. The highest BCUT2D eigenvalue weighted by atomic mass is 16.6. The molecule has 0 aromatic heterocycles. The standard InChI is InChI=1S/C59H106O6/c1-4-7-10-13-16-19-22-25-27-29-31-34-36-39-42-45-48-51-57(60)63-54-56(65-59(62)53-50-47-44-41-38-33-24-21-18-15-12-9-6-3)55-64-58(61)52-49-46-43-40-37-35-32-30-28-26-23-20-17-14-11-8-5-2/h16,19,21,24-28,56H,4-15,17-18,20,22-23,29-55H2,1-3H3/b19-16-,24-21-,27-25-,28-26-/t56-/m1/s1. The number of rotatable bonds is 51. The minimum Gasteiger partial charge on any atom is -0.462 e. The Labute approximate surface area is 403 Å². The molecule has 65 heavy (non-hydrogen) atoms. The van der Waals surface area contributed by atoms with E-state index in [1.807, 2.05) is 0 Å². The Kier molecular flexibility index (Phi) is 51.8. The van der Waals surface area contributed by atoms with Gasteiger partial charge in [0.1, 0.15) is 13.2 Å². The number of allylic oxidation sites excluding steroid dienone is 8. The van der Waals surface area contributed by atoms with Gasteiger partial charge in [0, 0.05) is 19.3 Å². The Morgan fingerprint density at radius 1 is 0.308 bits per heavy atom. The molecule has 0 fully saturated rings. The molecule has 0 aliphatic carbocycles. The zero-order chi connectivity index (χ0) is 47.2. The first kappa shape index (κ1) is 62.4. The molecule has 0 heterocycles. The summed E-state index contributed by atoms with van der Waals surface area (Å²) in [5.41, 5.74) is 0. The maximum absolute atomic E-state index is 12.8. The van der Waals surface area contributed by atoms with E-state index in [2.05, 4.69) is 69.4 Å². The summed E-state index contributed by atoms with van der Waals surface area (Å²) in [6.45, 7) is 6.60. The smallest absolute Gasteiger partial charge is 0.306 e. The van der Waals surface area contributed by atoms with Crippen LogP contribution in [0, 0.1) is 0 Å². The van der Waals surface area contributed by atoms with Gasteiger partial charge in [0.05, 0.1) is 0 Å². The van der Waals surface area contributed by atoms with Gasteiger partial charge >= 0.3 is 17.9 Å². The van der Waals surface area contributed by atoms with E-state index >= 15 is 0 Å². The fourth-order valence-electron chi connectivity index (χ4n) is 7.99. The predicted octanol–water partition coefficient (Wildman–Crippen LogP) is 18.7. The zero-order valence-electron chi connectivity index (χ0n) is 43.3. The predicted molar refractivity (Wildman–Crippen MR) is 279 cm³/mol. The minimum absolute atomic E-state index is 0.0800. The van der Waals surface area contributed by atoms with Crippen molar-refractivity contribution in [3.8, 4) is 0 Å². The second kappa shape index (κ2) is 54.0. The first-order valence-electron chi connectivity index (χ1n) is 28.1. The summed E-state index contributed by atoms with van der Waals surface area (Å²) in [5, 5.41) is 0. The summed E-state index contributed by atoms with van der Waals surface area (Å²) in [6.07, 6.45) is 65.2. The number of hydrogen-bond acceptors (Lipinski definition) is 6. The van der Waals surface area contributed by atoms with Crippen molar-refractivity contribution in [2.24, 2.45) is 0 Å². The molecular formula is C59H106O6. The third-order valence-electron chi connectivity index (χ3n) is 12.3. The number of ether oxygens (including phenoxy) is 3. The molecule has 0 N–H and O–H groups in total. The topological polar surface area (TPSA) is 78.9 Å². The molecule has 378 valence electrons. The first-order chi connectivity index (χ1) is 32.0. The van der Waals surface area contributed by atoms with Crippen molar-refractivity contribution >= 4 is 17.9 Å². The van der Waals surface area contributed by atoms with E-state index in [0.29, 0.717) is 19.3 Å². The maximum atomic E-state index is 12.8. The van der Waals surface area contributed by atoms with E-state index in [9.17, 15) is 14.4 Å². The Hall–Kier alpha value is -2.63. The summed E-state index contributed by atoms with van der Waals surface area (Å²) < 4.78 is 16.8. The molecule has 0 aliphatic heterocycles. The summed E-state index contributed by atoms with van der Waals surface area (Å²) in [4.78, 5) is 38.1. The molecule has 6 heteroatoms. The highest BCUT2D eigenvalue weighted by molar-refractivity contribution is 5.71. The van der Waals surface area contributed by atoms with Gasteiger partial charge in [-0.3, -0.25) is 14.4 Å². The highest BCUT2D eigenvalue weighted by Gasteiger charge is 2.19. The van der Waals surface area contributed by atoms with E-state index < -0.39 is 6.10 Å². The minimum atomic E-state index is -0.781. The van der Waals surface area contributed by atoms with E-state index in [4.69, 9.17) is 14.2 Å². The van der Waals surface area contributed by atoms with Gasteiger partial charge in [-0.1, -0.05) is 217 Å². The highest BCUT2D eigenvalue weighted by Crippen LogP contribution is 2.15. The van der Waals surface area contributed by atoms with Crippen LogP contribution in [0.25, 0.3) is 0 Å². The monoisotopic (exact) mass is 911 g/mol. The molecule has 0 aliphatic rings. The second-order valence-electron chi connectivity index (χ2n) is 18.8. The van der Waals surface area contributed by atoms with Crippen molar-refractivity contribution in [3.05, 3.63) is 48.6 Å². The van der Waals surface area contributed by atoms with Gasteiger partial charge in [-0.15, -0.1) is 0 Å². The summed E-state index contributed by atoms with van der Waals surface area (Å²) in [6, 6.07) is 0. The number of hydrogen-bond donors (Lipinski definition) is 0. The van der Waals surface area contributed by atoms with Gasteiger partial charge < -0.3 is 14.2 Å². The molecule has 0 aromatic carbocycles. The van der Waals surface area contributed by atoms with E-state index in [0.717, 1.165) is 83.5 Å². The van der Waals surface area contributed by atoms with Crippen molar-refractivity contribution in [1.82, 2.24) is 0 Å². The lowest BCUT2D eigenvalue weighted by Crippen LogP contribution is -2.30. The Bertz CT molecular complexity index is 1140. The average molecular weight is 911 g/mol. The quantitative estimate of drug-likeness (QED) is 0.0262. The van der Waals surface area contributed by atoms with Gasteiger partial charge in [0.15, 0.2) is 6.10 Å². The molecule has 0 spiro atoms. The molecule has 0 radical (unpaired) electrons. The summed E-state index contributed by atoms with van der Waals surface area (Å²) in [5.74, 6) is -0.890. The van der Waals surface area contributed by atoms with Crippen molar-refractivity contribution in [3.63, 3.8) is 0 Å². The molecular weight excluding hydrogens is 805 g/mol. The van der Waals surface area contributed by atoms with E-state index in [-0.39, 0.29) is 31.1 Å². The SMILES string of the molecule is CCCCC/C=C\C/C=C\CCCCCCCCCC(=O)OC[C@H](COC(=O)CCCCCCCCC/C=C\CCCCCCCC)OC(=O)CCCCCCC/C=C\CCCCCC. The summed E-state index contributed by atoms with van der Waals surface area (Å²) >= 11 is 0. The van der Waals surface area contributed by atoms with Crippen molar-refractivity contribution in [2.45, 2.75) is 297 Å². The third kappa shape index (κ3) is 52.2. The van der Waals surface area contributed by atoms with Crippen molar-refractivity contribution in [1.29, 1.82) is 0 Å². The molecule has 0 amide bonds.